The molecule has 0 heterocycles. The highest BCUT2D eigenvalue weighted by molar-refractivity contribution is 6.32. The van der Waals surface area contributed by atoms with Gasteiger partial charge in [0.2, 0.25) is 5.91 Å². The van der Waals surface area contributed by atoms with Gasteiger partial charge in [0.15, 0.2) is 0 Å². The molecule has 0 bridgehead atoms. The van der Waals surface area contributed by atoms with Crippen molar-refractivity contribution in [2.75, 3.05) is 10.6 Å². The van der Waals surface area contributed by atoms with Crippen LogP contribution in [-0.2, 0) is 4.79 Å². The van der Waals surface area contributed by atoms with E-state index >= 15 is 0 Å². The van der Waals surface area contributed by atoms with Crippen LogP contribution in [0.3, 0.4) is 0 Å². The number of benzene rings is 3. The number of nitrogens with one attached hydrogen (secondary N) is 2. The standard InChI is InChI=1S/C21H16ClFN2O/c22-19-7-4-8-20(23)18(19)13-14-21(26)25-17-11-9-16(10-12-17)24-15-5-2-1-3-6-15/h1-14,24H,(H,25,26). The Morgan fingerprint density at radius 2 is 1.50 bits per heavy atom. The van der Waals surface area contributed by atoms with Crippen LogP contribution in [0.15, 0.2) is 78.9 Å². The minimum Gasteiger partial charge on any atom is -0.356 e. The van der Waals surface area contributed by atoms with Gasteiger partial charge in [0.05, 0.1) is 5.02 Å². The molecule has 3 nitrogen and oxygen atoms in total. The van der Waals surface area contributed by atoms with Crippen molar-refractivity contribution in [1.82, 2.24) is 0 Å². The third kappa shape index (κ3) is 4.71. The summed E-state index contributed by atoms with van der Waals surface area (Å²) in [6, 6.07) is 21.5. The highest BCUT2D eigenvalue weighted by atomic mass is 35.5. The van der Waals surface area contributed by atoms with Crippen molar-refractivity contribution in [3.05, 3.63) is 95.3 Å². The molecule has 5 heteroatoms. The summed E-state index contributed by atoms with van der Waals surface area (Å²) in [5.74, 6) is -0.842. The van der Waals surface area contributed by atoms with E-state index in [0.29, 0.717) is 5.69 Å². The van der Waals surface area contributed by atoms with Crippen LogP contribution >= 0.6 is 11.6 Å². The molecule has 0 aliphatic rings. The van der Waals surface area contributed by atoms with Gasteiger partial charge in [-0.1, -0.05) is 35.9 Å². The maximum atomic E-state index is 13.7. The molecule has 0 radical (unpaired) electrons. The molecule has 0 unspecified atom stereocenters. The summed E-state index contributed by atoms with van der Waals surface area (Å²) in [7, 11) is 0. The smallest absolute Gasteiger partial charge is 0.248 e. The van der Waals surface area contributed by atoms with Crippen LogP contribution in [0.25, 0.3) is 6.08 Å². The minimum atomic E-state index is -0.474. The Labute approximate surface area is 156 Å². The monoisotopic (exact) mass is 366 g/mol. The van der Waals surface area contributed by atoms with Crippen LogP contribution < -0.4 is 10.6 Å². The lowest BCUT2D eigenvalue weighted by molar-refractivity contribution is -0.111. The van der Waals surface area contributed by atoms with Gasteiger partial charge in [-0.05, 0) is 54.6 Å². The van der Waals surface area contributed by atoms with Crippen LogP contribution in [0.2, 0.25) is 5.02 Å². The first-order chi connectivity index (χ1) is 12.6. The zero-order valence-electron chi connectivity index (χ0n) is 13.7. The number of halogens is 2. The fourth-order valence-electron chi connectivity index (χ4n) is 2.34. The normalized spacial score (nSPS) is 10.7. The zero-order chi connectivity index (χ0) is 18.4. The highest BCUT2D eigenvalue weighted by Crippen LogP contribution is 2.21. The maximum absolute atomic E-state index is 13.7. The summed E-state index contributed by atoms with van der Waals surface area (Å²) in [4.78, 5) is 12.0. The number of hydrogen-bond donors (Lipinski definition) is 2. The number of para-hydroxylation sites is 1. The summed E-state index contributed by atoms with van der Waals surface area (Å²) in [5.41, 5.74) is 2.71. The van der Waals surface area contributed by atoms with E-state index in [0.717, 1.165) is 11.4 Å². The number of anilines is 3. The van der Waals surface area contributed by atoms with E-state index in [2.05, 4.69) is 10.6 Å². The average Bonchev–Trinajstić information content (AvgIpc) is 2.64. The summed E-state index contributed by atoms with van der Waals surface area (Å²) in [6.07, 6.45) is 2.61. The topological polar surface area (TPSA) is 41.1 Å². The second-order valence-electron chi connectivity index (χ2n) is 5.53. The number of carbonyl (C=O) groups excluding carboxylic acids is 1. The lowest BCUT2D eigenvalue weighted by Gasteiger charge is -2.08. The van der Waals surface area contributed by atoms with Crippen molar-refractivity contribution in [1.29, 1.82) is 0 Å². The van der Waals surface area contributed by atoms with Crippen LogP contribution in [0.5, 0.6) is 0 Å². The van der Waals surface area contributed by atoms with Crippen molar-refractivity contribution in [2.45, 2.75) is 0 Å². The van der Waals surface area contributed by atoms with E-state index in [1.807, 2.05) is 42.5 Å². The van der Waals surface area contributed by atoms with Crippen molar-refractivity contribution >= 4 is 40.6 Å². The predicted molar refractivity (Wildman–Crippen MR) is 105 cm³/mol. The fraction of sp³-hybridized carbons (Fsp3) is 0. The van der Waals surface area contributed by atoms with Crippen LogP contribution in [0.1, 0.15) is 5.56 Å². The molecule has 0 saturated heterocycles. The molecular formula is C21H16ClFN2O. The van der Waals surface area contributed by atoms with E-state index in [1.54, 1.807) is 18.2 Å². The van der Waals surface area contributed by atoms with Gasteiger partial charge in [0, 0.05) is 28.7 Å². The van der Waals surface area contributed by atoms with Crippen molar-refractivity contribution < 1.29 is 9.18 Å². The third-order valence-electron chi connectivity index (χ3n) is 3.62. The summed E-state index contributed by atoms with van der Waals surface area (Å²) >= 11 is 5.93. The molecule has 0 aliphatic carbocycles. The Bertz CT molecular complexity index is 904. The van der Waals surface area contributed by atoms with Crippen LogP contribution in [0.4, 0.5) is 21.5 Å². The molecule has 1 amide bonds. The molecule has 26 heavy (non-hydrogen) atoms. The van der Waals surface area contributed by atoms with Crippen LogP contribution in [-0.4, -0.2) is 5.91 Å². The fourth-order valence-corrected chi connectivity index (χ4v) is 2.56. The largest absolute Gasteiger partial charge is 0.356 e. The molecule has 3 aromatic carbocycles. The molecule has 0 spiro atoms. The number of amides is 1. The molecular weight excluding hydrogens is 351 g/mol. The number of carbonyl (C=O) groups is 1. The Hall–Kier alpha value is -3.11. The predicted octanol–water partition coefficient (Wildman–Crippen LogP) is 5.87. The second-order valence-corrected chi connectivity index (χ2v) is 5.93. The second kappa shape index (κ2) is 8.32. The van der Waals surface area contributed by atoms with Gasteiger partial charge in [0.25, 0.3) is 0 Å². The third-order valence-corrected chi connectivity index (χ3v) is 3.95. The highest BCUT2D eigenvalue weighted by Gasteiger charge is 2.04. The quantitative estimate of drug-likeness (QED) is 0.554. The zero-order valence-corrected chi connectivity index (χ0v) is 14.5. The van der Waals surface area contributed by atoms with E-state index in [1.165, 1.54) is 24.3 Å². The van der Waals surface area contributed by atoms with Gasteiger partial charge in [0.1, 0.15) is 5.82 Å². The maximum Gasteiger partial charge on any atom is 0.248 e. The lowest BCUT2D eigenvalue weighted by atomic mass is 10.2. The SMILES string of the molecule is O=C(C=Cc1c(F)cccc1Cl)Nc1ccc(Nc2ccccc2)cc1. The van der Waals surface area contributed by atoms with Gasteiger partial charge >= 0.3 is 0 Å². The van der Waals surface area contributed by atoms with Crippen molar-refractivity contribution in [3.8, 4) is 0 Å². The average molecular weight is 367 g/mol. The van der Waals surface area contributed by atoms with E-state index in [4.69, 9.17) is 11.6 Å². The molecule has 0 atom stereocenters. The van der Waals surface area contributed by atoms with E-state index in [-0.39, 0.29) is 16.5 Å². The van der Waals surface area contributed by atoms with Crippen molar-refractivity contribution in [2.24, 2.45) is 0 Å². The van der Waals surface area contributed by atoms with Gasteiger partial charge in [-0.2, -0.15) is 0 Å². The number of rotatable bonds is 5. The molecule has 0 aromatic heterocycles. The Balaban J connectivity index is 1.62. The van der Waals surface area contributed by atoms with Crippen molar-refractivity contribution in [3.63, 3.8) is 0 Å². The molecule has 0 aliphatic heterocycles. The van der Waals surface area contributed by atoms with E-state index < -0.39 is 5.82 Å². The van der Waals surface area contributed by atoms with Gasteiger partial charge in [-0.3, -0.25) is 4.79 Å². The molecule has 3 rings (SSSR count). The first kappa shape index (κ1) is 17.7. The lowest BCUT2D eigenvalue weighted by Crippen LogP contribution is -2.07. The minimum absolute atomic E-state index is 0.187. The molecule has 3 aromatic rings. The summed E-state index contributed by atoms with van der Waals surface area (Å²) < 4.78 is 13.7. The molecule has 0 fully saturated rings. The Morgan fingerprint density at radius 3 is 2.19 bits per heavy atom. The Morgan fingerprint density at radius 1 is 0.846 bits per heavy atom. The van der Waals surface area contributed by atoms with Gasteiger partial charge < -0.3 is 10.6 Å². The summed E-state index contributed by atoms with van der Waals surface area (Å²) in [6.45, 7) is 0. The van der Waals surface area contributed by atoms with Gasteiger partial charge in [-0.25, -0.2) is 4.39 Å². The Kier molecular flexibility index (Phi) is 5.66. The van der Waals surface area contributed by atoms with E-state index in [9.17, 15) is 9.18 Å². The first-order valence-corrected chi connectivity index (χ1v) is 8.35. The van der Waals surface area contributed by atoms with Gasteiger partial charge in [-0.15, -0.1) is 0 Å². The molecule has 2 N–H and O–H groups in total. The number of hydrogen-bond acceptors (Lipinski definition) is 2. The molecule has 130 valence electrons. The molecule has 0 saturated carbocycles. The summed E-state index contributed by atoms with van der Waals surface area (Å²) in [5, 5.41) is 6.24. The van der Waals surface area contributed by atoms with Crippen LogP contribution in [0, 0.1) is 5.82 Å². The first-order valence-electron chi connectivity index (χ1n) is 7.97.